The van der Waals surface area contributed by atoms with Crippen molar-refractivity contribution < 1.29 is 9.76 Å². The molecular weight excluding hydrogens is 189 g/mol. The predicted octanol–water partition coefficient (Wildman–Crippen LogP) is 1.34. The zero-order valence-electron chi connectivity index (χ0n) is 9.74. The number of hydrogen-bond donors (Lipinski definition) is 2. The van der Waals surface area contributed by atoms with Crippen molar-refractivity contribution in [1.82, 2.24) is 0 Å². The van der Waals surface area contributed by atoms with Gasteiger partial charge >= 0.3 is 6.92 Å². The van der Waals surface area contributed by atoms with E-state index in [1.54, 1.807) is 13.9 Å². The average molecular weight is 207 g/mol. The third-order valence-corrected chi connectivity index (χ3v) is 2.14. The number of hydrogen-bond acceptors (Lipinski definition) is 3. The molecule has 0 radical (unpaired) electrons. The zero-order chi connectivity index (χ0) is 11.4. The Kier molecular flexibility index (Phi) is 4.03. The quantitative estimate of drug-likeness (QED) is 0.732. The van der Waals surface area contributed by atoms with Crippen molar-refractivity contribution in [2.75, 3.05) is 12.4 Å². The Labute approximate surface area is 91.6 Å². The molecule has 0 aliphatic rings. The molecule has 0 bridgehead atoms. The van der Waals surface area contributed by atoms with Crippen LogP contribution in [0.25, 0.3) is 0 Å². The largest absolute Gasteiger partial charge is 0.497 e. The Hall–Kier alpha value is -1.16. The van der Waals surface area contributed by atoms with E-state index in [2.05, 4.69) is 19.2 Å². The Balaban J connectivity index is 2.97. The molecular formula is C11H18BNO2. The summed E-state index contributed by atoms with van der Waals surface area (Å²) in [5, 5.41) is 12.8. The highest BCUT2D eigenvalue weighted by Crippen LogP contribution is 2.16. The maximum Gasteiger partial charge on any atom is 0.324 e. The summed E-state index contributed by atoms with van der Waals surface area (Å²) in [6, 6.07) is 6.12. The van der Waals surface area contributed by atoms with Gasteiger partial charge < -0.3 is 15.1 Å². The molecule has 0 aromatic heterocycles. The van der Waals surface area contributed by atoms with Crippen LogP contribution in [0.2, 0.25) is 6.82 Å². The molecule has 82 valence electrons. The highest BCUT2D eigenvalue weighted by molar-refractivity contribution is 6.65. The van der Waals surface area contributed by atoms with Crippen LogP contribution < -0.4 is 15.5 Å². The lowest BCUT2D eigenvalue weighted by atomic mass is 9.64. The van der Waals surface area contributed by atoms with Gasteiger partial charge in [-0.2, -0.15) is 0 Å². The number of methoxy groups -OCH3 is 1. The lowest BCUT2D eigenvalue weighted by Gasteiger charge is -2.14. The highest BCUT2D eigenvalue weighted by Gasteiger charge is 2.13. The summed E-state index contributed by atoms with van der Waals surface area (Å²) in [5.74, 6) is 0.718. The van der Waals surface area contributed by atoms with Gasteiger partial charge in [0.25, 0.3) is 0 Å². The third-order valence-electron chi connectivity index (χ3n) is 2.14. The molecule has 4 heteroatoms. The van der Waals surface area contributed by atoms with Crippen LogP contribution in [0.4, 0.5) is 5.69 Å². The van der Waals surface area contributed by atoms with Crippen molar-refractivity contribution in [3.05, 3.63) is 18.2 Å². The second-order valence-corrected chi connectivity index (χ2v) is 3.93. The predicted molar refractivity (Wildman–Crippen MR) is 65.2 cm³/mol. The van der Waals surface area contributed by atoms with Gasteiger partial charge in [-0.05, 0) is 25.4 Å². The van der Waals surface area contributed by atoms with E-state index < -0.39 is 6.92 Å². The summed E-state index contributed by atoms with van der Waals surface area (Å²) in [6.45, 7) is 5.38. The van der Waals surface area contributed by atoms with Crippen molar-refractivity contribution >= 4 is 18.1 Å². The first kappa shape index (κ1) is 11.9. The first-order chi connectivity index (χ1) is 7.04. The minimum Gasteiger partial charge on any atom is -0.497 e. The molecule has 3 nitrogen and oxygen atoms in total. The smallest absolute Gasteiger partial charge is 0.324 e. The number of rotatable bonds is 4. The Bertz CT molecular complexity index is 326. The van der Waals surface area contributed by atoms with E-state index in [1.807, 2.05) is 18.2 Å². The maximum atomic E-state index is 9.51. The summed E-state index contributed by atoms with van der Waals surface area (Å²) < 4.78 is 5.23. The molecule has 0 atom stereocenters. The van der Waals surface area contributed by atoms with E-state index in [1.165, 1.54) is 0 Å². The lowest BCUT2D eigenvalue weighted by Crippen LogP contribution is -2.28. The standard InChI is InChI=1S/C11H18BNO2/c1-8(2)13-9-5-6-10(12(3)14)11(7-9)15-4/h5-8,13-14H,1-4H3. The second-order valence-electron chi connectivity index (χ2n) is 3.93. The molecule has 0 amide bonds. The minimum atomic E-state index is -0.506. The molecule has 1 rings (SSSR count). The minimum absolute atomic E-state index is 0.382. The summed E-state index contributed by atoms with van der Waals surface area (Å²) >= 11 is 0. The van der Waals surface area contributed by atoms with Crippen LogP contribution in [-0.2, 0) is 0 Å². The molecule has 0 aliphatic heterocycles. The van der Waals surface area contributed by atoms with Crippen LogP contribution in [0.1, 0.15) is 13.8 Å². The van der Waals surface area contributed by atoms with Gasteiger partial charge in [-0.1, -0.05) is 12.9 Å². The molecule has 0 unspecified atom stereocenters. The van der Waals surface area contributed by atoms with Crippen LogP contribution in [0.5, 0.6) is 5.75 Å². The first-order valence-corrected chi connectivity index (χ1v) is 5.17. The summed E-state index contributed by atoms with van der Waals surface area (Å²) in [6.07, 6.45) is 0. The fraction of sp³-hybridized carbons (Fsp3) is 0.455. The normalized spacial score (nSPS) is 10.3. The van der Waals surface area contributed by atoms with E-state index >= 15 is 0 Å². The summed E-state index contributed by atoms with van der Waals surface area (Å²) in [4.78, 5) is 0. The van der Waals surface area contributed by atoms with E-state index in [9.17, 15) is 5.02 Å². The topological polar surface area (TPSA) is 41.5 Å². The van der Waals surface area contributed by atoms with Gasteiger partial charge in [0.05, 0.1) is 7.11 Å². The number of anilines is 1. The Morgan fingerprint density at radius 1 is 1.40 bits per heavy atom. The molecule has 0 saturated carbocycles. The second kappa shape index (κ2) is 5.07. The van der Waals surface area contributed by atoms with Crippen molar-refractivity contribution in [2.24, 2.45) is 0 Å². The molecule has 0 fully saturated rings. The lowest BCUT2D eigenvalue weighted by molar-refractivity contribution is 0.417. The van der Waals surface area contributed by atoms with Gasteiger partial charge in [0.15, 0.2) is 0 Å². The van der Waals surface area contributed by atoms with Gasteiger partial charge in [-0.15, -0.1) is 0 Å². The molecule has 1 aromatic carbocycles. The van der Waals surface area contributed by atoms with Crippen LogP contribution in [0.15, 0.2) is 18.2 Å². The summed E-state index contributed by atoms with van der Waals surface area (Å²) in [7, 11) is 1.61. The molecule has 0 saturated heterocycles. The van der Waals surface area contributed by atoms with E-state index in [-0.39, 0.29) is 0 Å². The fourth-order valence-corrected chi connectivity index (χ4v) is 1.48. The number of benzene rings is 1. The Morgan fingerprint density at radius 3 is 2.53 bits per heavy atom. The van der Waals surface area contributed by atoms with Crippen LogP contribution >= 0.6 is 0 Å². The monoisotopic (exact) mass is 207 g/mol. The average Bonchev–Trinajstić information content (AvgIpc) is 2.16. The van der Waals surface area contributed by atoms with Gasteiger partial charge in [0, 0.05) is 17.8 Å². The fourth-order valence-electron chi connectivity index (χ4n) is 1.48. The molecule has 1 aromatic rings. The molecule has 2 N–H and O–H groups in total. The van der Waals surface area contributed by atoms with Gasteiger partial charge in [0.2, 0.25) is 0 Å². The third kappa shape index (κ3) is 3.17. The van der Waals surface area contributed by atoms with Crippen LogP contribution in [-0.4, -0.2) is 25.1 Å². The Morgan fingerprint density at radius 2 is 2.07 bits per heavy atom. The SMILES string of the molecule is COc1cc(NC(C)C)ccc1B(C)O. The molecule has 15 heavy (non-hydrogen) atoms. The van der Waals surface area contributed by atoms with Crippen molar-refractivity contribution in [3.63, 3.8) is 0 Å². The first-order valence-electron chi connectivity index (χ1n) is 5.17. The van der Waals surface area contributed by atoms with Gasteiger partial charge in [0.1, 0.15) is 5.75 Å². The molecule has 0 aliphatic carbocycles. The van der Waals surface area contributed by atoms with E-state index in [0.29, 0.717) is 6.04 Å². The molecule has 0 heterocycles. The van der Waals surface area contributed by atoms with Crippen LogP contribution in [0.3, 0.4) is 0 Å². The zero-order valence-corrected chi connectivity index (χ0v) is 9.74. The van der Waals surface area contributed by atoms with Crippen molar-refractivity contribution in [1.29, 1.82) is 0 Å². The number of nitrogens with one attached hydrogen (secondary N) is 1. The van der Waals surface area contributed by atoms with Crippen LogP contribution in [0, 0.1) is 0 Å². The van der Waals surface area contributed by atoms with E-state index in [4.69, 9.17) is 4.74 Å². The number of ether oxygens (including phenoxy) is 1. The van der Waals surface area contributed by atoms with Gasteiger partial charge in [-0.3, -0.25) is 0 Å². The van der Waals surface area contributed by atoms with E-state index in [0.717, 1.165) is 16.9 Å². The summed E-state index contributed by atoms with van der Waals surface area (Å²) in [5.41, 5.74) is 1.82. The van der Waals surface area contributed by atoms with Crippen molar-refractivity contribution in [3.8, 4) is 5.75 Å². The van der Waals surface area contributed by atoms with Crippen molar-refractivity contribution in [2.45, 2.75) is 26.7 Å². The maximum absolute atomic E-state index is 9.51. The van der Waals surface area contributed by atoms with Gasteiger partial charge in [-0.25, -0.2) is 0 Å². The highest BCUT2D eigenvalue weighted by atomic mass is 16.5. The molecule has 0 spiro atoms.